The van der Waals surface area contributed by atoms with Crippen molar-refractivity contribution < 1.29 is 19.1 Å². The molecule has 0 spiro atoms. The lowest BCUT2D eigenvalue weighted by Crippen LogP contribution is -2.51. The van der Waals surface area contributed by atoms with Crippen molar-refractivity contribution in [2.24, 2.45) is 5.92 Å². The standard InChI is InChI=1S/C25H32N2O4/c1-5-22-17(3)24(26-25(29)31-16-19-10-8-7-9-11-19)21-14-20(15-30-6-2)12-13-23(21)27(22)18(4)28/h7-14,17,22,24H,5-6,15-16H2,1-4H3,(H,26,29). The predicted octanol–water partition coefficient (Wildman–Crippen LogP) is 4.97. The Hall–Kier alpha value is -2.86. The van der Waals surface area contributed by atoms with Gasteiger partial charge in [0.05, 0.1) is 12.6 Å². The molecule has 1 N–H and O–H groups in total. The molecule has 2 amide bonds. The van der Waals surface area contributed by atoms with Crippen LogP contribution in [0.1, 0.15) is 56.8 Å². The van der Waals surface area contributed by atoms with E-state index in [1.807, 2.05) is 60.4 Å². The largest absolute Gasteiger partial charge is 0.445 e. The Morgan fingerprint density at radius 1 is 1.03 bits per heavy atom. The van der Waals surface area contributed by atoms with Crippen LogP contribution in [0.2, 0.25) is 0 Å². The van der Waals surface area contributed by atoms with Crippen molar-refractivity contribution >= 4 is 17.7 Å². The molecule has 0 saturated carbocycles. The first-order chi connectivity index (χ1) is 15.0. The van der Waals surface area contributed by atoms with E-state index in [4.69, 9.17) is 9.47 Å². The smallest absolute Gasteiger partial charge is 0.407 e. The summed E-state index contributed by atoms with van der Waals surface area (Å²) in [5.74, 6) is 0.0237. The maximum atomic E-state index is 12.7. The zero-order valence-electron chi connectivity index (χ0n) is 18.8. The van der Waals surface area contributed by atoms with Crippen molar-refractivity contribution in [3.63, 3.8) is 0 Å². The Bertz CT molecular complexity index is 900. The van der Waals surface area contributed by atoms with E-state index in [0.29, 0.717) is 13.2 Å². The summed E-state index contributed by atoms with van der Waals surface area (Å²) in [4.78, 5) is 27.0. The van der Waals surface area contributed by atoms with Crippen LogP contribution in [0.5, 0.6) is 0 Å². The highest BCUT2D eigenvalue weighted by Crippen LogP contribution is 2.42. The zero-order chi connectivity index (χ0) is 22.4. The monoisotopic (exact) mass is 424 g/mol. The normalized spacial score (nSPS) is 20.1. The summed E-state index contributed by atoms with van der Waals surface area (Å²) in [5.41, 5.74) is 3.70. The number of hydrogen-bond acceptors (Lipinski definition) is 4. The first-order valence-corrected chi connectivity index (χ1v) is 10.9. The summed E-state index contributed by atoms with van der Waals surface area (Å²) in [6, 6.07) is 15.3. The van der Waals surface area contributed by atoms with E-state index < -0.39 is 6.09 Å². The highest BCUT2D eigenvalue weighted by atomic mass is 16.5. The Labute approximate surface area is 184 Å². The maximum Gasteiger partial charge on any atom is 0.407 e. The van der Waals surface area contributed by atoms with E-state index in [-0.39, 0.29) is 30.5 Å². The van der Waals surface area contributed by atoms with E-state index >= 15 is 0 Å². The van der Waals surface area contributed by atoms with Gasteiger partial charge in [-0.1, -0.05) is 50.2 Å². The number of fused-ring (bicyclic) bond motifs is 1. The fourth-order valence-electron chi connectivity index (χ4n) is 4.36. The van der Waals surface area contributed by atoms with Gasteiger partial charge in [-0.25, -0.2) is 4.79 Å². The molecule has 1 heterocycles. The second-order valence-electron chi connectivity index (χ2n) is 7.94. The van der Waals surface area contributed by atoms with Crippen LogP contribution in [0.3, 0.4) is 0 Å². The van der Waals surface area contributed by atoms with Crippen LogP contribution in [-0.2, 0) is 27.5 Å². The number of benzene rings is 2. The first kappa shape index (κ1) is 22.8. The molecule has 166 valence electrons. The van der Waals surface area contributed by atoms with Gasteiger partial charge in [0.2, 0.25) is 5.91 Å². The summed E-state index contributed by atoms with van der Waals surface area (Å²) in [6.45, 7) is 9.01. The van der Waals surface area contributed by atoms with Crippen LogP contribution in [0.4, 0.5) is 10.5 Å². The number of carbonyl (C=O) groups is 2. The van der Waals surface area contributed by atoms with Gasteiger partial charge in [0, 0.05) is 31.2 Å². The van der Waals surface area contributed by atoms with Crippen molar-refractivity contribution in [2.75, 3.05) is 11.5 Å². The Morgan fingerprint density at radius 3 is 2.42 bits per heavy atom. The number of nitrogens with zero attached hydrogens (tertiary/aromatic N) is 1. The van der Waals surface area contributed by atoms with Crippen LogP contribution in [0, 0.1) is 5.92 Å². The van der Waals surface area contributed by atoms with Crippen LogP contribution in [0.25, 0.3) is 0 Å². The second-order valence-corrected chi connectivity index (χ2v) is 7.94. The molecule has 3 atom stereocenters. The van der Waals surface area contributed by atoms with Crippen LogP contribution in [-0.4, -0.2) is 24.6 Å². The van der Waals surface area contributed by atoms with E-state index in [1.54, 1.807) is 6.92 Å². The number of amides is 2. The number of carbonyl (C=O) groups excluding carboxylic acids is 2. The Morgan fingerprint density at radius 2 is 1.77 bits per heavy atom. The molecule has 31 heavy (non-hydrogen) atoms. The molecule has 2 aromatic carbocycles. The average molecular weight is 425 g/mol. The molecule has 1 aliphatic rings. The van der Waals surface area contributed by atoms with Gasteiger partial charge in [-0.05, 0) is 42.2 Å². The van der Waals surface area contributed by atoms with Crippen LogP contribution in [0.15, 0.2) is 48.5 Å². The molecule has 0 aliphatic carbocycles. The number of hydrogen-bond donors (Lipinski definition) is 1. The van der Waals surface area contributed by atoms with Gasteiger partial charge < -0.3 is 19.7 Å². The summed E-state index contributed by atoms with van der Waals surface area (Å²) in [5, 5.41) is 3.06. The minimum Gasteiger partial charge on any atom is -0.445 e. The molecule has 0 radical (unpaired) electrons. The summed E-state index contributed by atoms with van der Waals surface area (Å²) >= 11 is 0. The zero-order valence-corrected chi connectivity index (χ0v) is 18.8. The minimum atomic E-state index is -0.465. The summed E-state index contributed by atoms with van der Waals surface area (Å²) in [6.07, 6.45) is 0.325. The highest BCUT2D eigenvalue weighted by Gasteiger charge is 2.40. The van der Waals surface area contributed by atoms with E-state index in [0.717, 1.165) is 28.8 Å². The van der Waals surface area contributed by atoms with Crippen LogP contribution < -0.4 is 10.2 Å². The quantitative estimate of drug-likeness (QED) is 0.681. The van der Waals surface area contributed by atoms with Crippen molar-refractivity contribution in [1.82, 2.24) is 5.32 Å². The van der Waals surface area contributed by atoms with Crippen molar-refractivity contribution in [3.8, 4) is 0 Å². The fourth-order valence-corrected chi connectivity index (χ4v) is 4.36. The number of nitrogens with one attached hydrogen (secondary N) is 1. The number of rotatable bonds is 7. The van der Waals surface area contributed by atoms with E-state index in [9.17, 15) is 9.59 Å². The Kier molecular flexibility index (Phi) is 7.69. The van der Waals surface area contributed by atoms with Gasteiger partial charge in [-0.3, -0.25) is 4.79 Å². The second kappa shape index (κ2) is 10.4. The van der Waals surface area contributed by atoms with Crippen molar-refractivity contribution in [3.05, 3.63) is 65.2 Å². The van der Waals surface area contributed by atoms with Crippen molar-refractivity contribution in [1.29, 1.82) is 0 Å². The van der Waals surface area contributed by atoms with Gasteiger partial charge in [0.1, 0.15) is 6.61 Å². The van der Waals surface area contributed by atoms with E-state index in [2.05, 4.69) is 19.2 Å². The lowest BCUT2D eigenvalue weighted by atomic mass is 9.80. The molecule has 6 nitrogen and oxygen atoms in total. The molecule has 0 fully saturated rings. The first-order valence-electron chi connectivity index (χ1n) is 10.9. The molecule has 6 heteroatoms. The number of anilines is 1. The van der Waals surface area contributed by atoms with Gasteiger partial charge in [-0.15, -0.1) is 0 Å². The topological polar surface area (TPSA) is 67.9 Å². The molecular formula is C25H32N2O4. The molecular weight excluding hydrogens is 392 g/mol. The fraction of sp³-hybridized carbons (Fsp3) is 0.440. The molecule has 3 unspecified atom stereocenters. The third kappa shape index (κ3) is 5.25. The van der Waals surface area contributed by atoms with Gasteiger partial charge in [0.25, 0.3) is 0 Å². The minimum absolute atomic E-state index is 0.00242. The average Bonchev–Trinajstić information content (AvgIpc) is 2.78. The van der Waals surface area contributed by atoms with Crippen molar-refractivity contribution in [2.45, 2.75) is 59.4 Å². The number of ether oxygens (including phenoxy) is 2. The SMILES string of the molecule is CCOCc1ccc2c(c1)C(NC(=O)OCc1ccccc1)C(C)C(CC)N2C(C)=O. The third-order valence-electron chi connectivity index (χ3n) is 5.87. The highest BCUT2D eigenvalue weighted by molar-refractivity contribution is 5.94. The molecule has 0 bridgehead atoms. The van der Waals surface area contributed by atoms with Crippen LogP contribution >= 0.6 is 0 Å². The third-order valence-corrected chi connectivity index (χ3v) is 5.87. The van der Waals surface area contributed by atoms with E-state index in [1.165, 1.54) is 0 Å². The summed E-state index contributed by atoms with van der Waals surface area (Å²) < 4.78 is 11.0. The number of alkyl carbamates (subject to hydrolysis) is 1. The summed E-state index contributed by atoms with van der Waals surface area (Å²) in [7, 11) is 0. The molecule has 2 aromatic rings. The van der Waals surface area contributed by atoms with Gasteiger partial charge >= 0.3 is 6.09 Å². The van der Waals surface area contributed by atoms with Gasteiger partial charge in [0.15, 0.2) is 0 Å². The predicted molar refractivity (Wildman–Crippen MR) is 121 cm³/mol. The maximum absolute atomic E-state index is 12.7. The Balaban J connectivity index is 1.87. The van der Waals surface area contributed by atoms with Gasteiger partial charge in [-0.2, -0.15) is 0 Å². The molecule has 0 saturated heterocycles. The lowest BCUT2D eigenvalue weighted by molar-refractivity contribution is -0.117. The molecule has 1 aliphatic heterocycles. The molecule has 0 aromatic heterocycles. The molecule has 3 rings (SSSR count). The lowest BCUT2D eigenvalue weighted by Gasteiger charge is -2.45.